The molecule has 0 saturated heterocycles. The number of aromatic amines is 1. The summed E-state index contributed by atoms with van der Waals surface area (Å²) < 4.78 is 18.2. The lowest BCUT2D eigenvalue weighted by Crippen LogP contribution is -2.14. The highest BCUT2D eigenvalue weighted by atomic mass is 19.1. The number of halogens is 1. The second-order valence-electron chi connectivity index (χ2n) is 4.52. The zero-order valence-electron chi connectivity index (χ0n) is 11.9. The molecule has 0 aliphatic rings. The van der Waals surface area contributed by atoms with Gasteiger partial charge in [0, 0.05) is 11.8 Å². The summed E-state index contributed by atoms with van der Waals surface area (Å²) in [5.74, 6) is -0.908. The molecule has 112 valence electrons. The number of carbonyl (C=O) groups excluding carboxylic acids is 1. The summed E-state index contributed by atoms with van der Waals surface area (Å²) >= 11 is 0. The quantitative estimate of drug-likeness (QED) is 0.788. The molecule has 2 rings (SSSR count). The Hall–Kier alpha value is -2.57. The van der Waals surface area contributed by atoms with Gasteiger partial charge in [0.1, 0.15) is 0 Å². The summed E-state index contributed by atoms with van der Waals surface area (Å²) in [5.41, 5.74) is 7.48. The number of hydrogen-bond acceptors (Lipinski definition) is 4. The zero-order valence-corrected chi connectivity index (χ0v) is 11.9. The summed E-state index contributed by atoms with van der Waals surface area (Å²) in [6, 6.07) is 4.04. The molecular formula is C14H17FN4O2. The Morgan fingerprint density at radius 1 is 1.52 bits per heavy atom. The number of H-pyrrole nitrogens is 1. The first-order valence-corrected chi connectivity index (χ1v) is 6.54. The van der Waals surface area contributed by atoms with Gasteiger partial charge in [0.15, 0.2) is 17.3 Å². The fraction of sp³-hybridized carbons (Fsp3) is 0.286. The Kier molecular flexibility index (Phi) is 4.42. The number of hydrogen-bond donors (Lipinski definition) is 3. The number of anilines is 2. The van der Waals surface area contributed by atoms with E-state index >= 15 is 0 Å². The van der Waals surface area contributed by atoms with Crippen LogP contribution in [0.4, 0.5) is 15.8 Å². The van der Waals surface area contributed by atoms with Gasteiger partial charge < -0.3 is 15.8 Å². The minimum absolute atomic E-state index is 0.0504. The highest BCUT2D eigenvalue weighted by Gasteiger charge is 2.17. The molecule has 0 aliphatic heterocycles. The SMILES string of the molecule is CCCc1[nH]nc(C(=O)Nc2ccc(F)c(OC)c2)c1N. The third-order valence-corrected chi connectivity index (χ3v) is 3.01. The van der Waals surface area contributed by atoms with Gasteiger partial charge in [0.2, 0.25) is 0 Å². The van der Waals surface area contributed by atoms with Crippen LogP contribution >= 0.6 is 0 Å². The molecule has 0 bridgehead atoms. The van der Waals surface area contributed by atoms with Crippen molar-refractivity contribution >= 4 is 17.3 Å². The van der Waals surface area contributed by atoms with E-state index in [2.05, 4.69) is 15.5 Å². The number of methoxy groups -OCH3 is 1. The summed E-state index contributed by atoms with van der Waals surface area (Å²) in [6.07, 6.45) is 1.61. The number of nitrogens with two attached hydrogens (primary N) is 1. The lowest BCUT2D eigenvalue weighted by molar-refractivity contribution is 0.102. The fourth-order valence-corrected chi connectivity index (χ4v) is 1.93. The molecule has 1 aromatic heterocycles. The highest BCUT2D eigenvalue weighted by molar-refractivity contribution is 6.06. The van der Waals surface area contributed by atoms with Crippen molar-refractivity contribution in [2.24, 2.45) is 0 Å². The molecule has 0 saturated carbocycles. The number of aromatic nitrogens is 2. The van der Waals surface area contributed by atoms with Crippen molar-refractivity contribution in [2.45, 2.75) is 19.8 Å². The van der Waals surface area contributed by atoms with Crippen molar-refractivity contribution in [1.82, 2.24) is 10.2 Å². The Morgan fingerprint density at radius 2 is 2.29 bits per heavy atom. The summed E-state index contributed by atoms with van der Waals surface area (Å²) in [4.78, 5) is 12.1. The van der Waals surface area contributed by atoms with E-state index in [-0.39, 0.29) is 11.4 Å². The van der Waals surface area contributed by atoms with Crippen LogP contribution in [-0.4, -0.2) is 23.2 Å². The maximum absolute atomic E-state index is 13.3. The van der Waals surface area contributed by atoms with Gasteiger partial charge in [-0.2, -0.15) is 5.10 Å². The van der Waals surface area contributed by atoms with Gasteiger partial charge in [-0.1, -0.05) is 13.3 Å². The summed E-state index contributed by atoms with van der Waals surface area (Å²) in [6.45, 7) is 2.00. The molecule has 0 unspecified atom stereocenters. The van der Waals surface area contributed by atoms with Crippen LogP contribution in [0, 0.1) is 5.82 Å². The molecule has 21 heavy (non-hydrogen) atoms. The second kappa shape index (κ2) is 6.25. The van der Waals surface area contributed by atoms with E-state index in [4.69, 9.17) is 10.5 Å². The van der Waals surface area contributed by atoms with Crippen molar-refractivity contribution < 1.29 is 13.9 Å². The molecular weight excluding hydrogens is 275 g/mol. The van der Waals surface area contributed by atoms with Crippen molar-refractivity contribution in [3.8, 4) is 5.75 Å². The number of nitrogen functional groups attached to an aromatic ring is 1. The first-order valence-electron chi connectivity index (χ1n) is 6.54. The monoisotopic (exact) mass is 292 g/mol. The number of rotatable bonds is 5. The topological polar surface area (TPSA) is 93.0 Å². The maximum atomic E-state index is 13.3. The number of nitrogens with zero attached hydrogens (tertiary/aromatic N) is 1. The van der Waals surface area contributed by atoms with Crippen LogP contribution < -0.4 is 15.8 Å². The normalized spacial score (nSPS) is 10.4. The van der Waals surface area contributed by atoms with E-state index in [0.29, 0.717) is 11.4 Å². The third kappa shape index (κ3) is 3.13. The molecule has 1 amide bonds. The van der Waals surface area contributed by atoms with Crippen molar-refractivity contribution in [3.63, 3.8) is 0 Å². The molecule has 1 aromatic carbocycles. The number of carbonyl (C=O) groups is 1. The molecule has 0 radical (unpaired) electrons. The Balaban J connectivity index is 2.18. The number of nitrogens with one attached hydrogen (secondary N) is 2. The molecule has 7 heteroatoms. The molecule has 0 fully saturated rings. The first-order chi connectivity index (χ1) is 10.1. The van der Waals surface area contributed by atoms with Crippen LogP contribution in [0.5, 0.6) is 5.75 Å². The van der Waals surface area contributed by atoms with Crippen molar-refractivity contribution in [1.29, 1.82) is 0 Å². The van der Waals surface area contributed by atoms with Crippen LogP contribution in [0.15, 0.2) is 18.2 Å². The lowest BCUT2D eigenvalue weighted by Gasteiger charge is -2.07. The second-order valence-corrected chi connectivity index (χ2v) is 4.52. The third-order valence-electron chi connectivity index (χ3n) is 3.01. The number of amides is 1. The molecule has 1 heterocycles. The van der Waals surface area contributed by atoms with E-state index in [0.717, 1.165) is 18.5 Å². The predicted octanol–water partition coefficient (Wildman–Crippen LogP) is 2.34. The van der Waals surface area contributed by atoms with Gasteiger partial charge in [0.05, 0.1) is 18.5 Å². The van der Waals surface area contributed by atoms with Crippen LogP contribution in [0.25, 0.3) is 0 Å². The first kappa shape index (κ1) is 14.8. The molecule has 2 aromatic rings. The standard InChI is InChI=1S/C14H17FN4O2/c1-3-4-10-12(16)13(19-18-10)14(20)17-8-5-6-9(15)11(7-8)21-2/h5-7H,3-4,16H2,1-2H3,(H,17,20)(H,18,19). The van der Waals surface area contributed by atoms with Gasteiger partial charge >= 0.3 is 0 Å². The van der Waals surface area contributed by atoms with Gasteiger partial charge in [-0.05, 0) is 18.6 Å². The molecule has 0 aliphatic carbocycles. The minimum atomic E-state index is -0.500. The van der Waals surface area contributed by atoms with Crippen molar-refractivity contribution in [2.75, 3.05) is 18.2 Å². The Labute approximate surface area is 121 Å². The van der Waals surface area contributed by atoms with Gasteiger partial charge in [0.25, 0.3) is 5.91 Å². The van der Waals surface area contributed by atoms with Crippen LogP contribution in [0.3, 0.4) is 0 Å². The van der Waals surface area contributed by atoms with Crippen LogP contribution in [-0.2, 0) is 6.42 Å². The predicted molar refractivity (Wildman–Crippen MR) is 77.9 cm³/mol. The number of ether oxygens (including phenoxy) is 1. The van der Waals surface area contributed by atoms with E-state index < -0.39 is 11.7 Å². The zero-order chi connectivity index (χ0) is 15.4. The van der Waals surface area contributed by atoms with Gasteiger partial charge in [-0.25, -0.2) is 4.39 Å². The minimum Gasteiger partial charge on any atom is -0.494 e. The number of benzene rings is 1. The van der Waals surface area contributed by atoms with Gasteiger partial charge in [-0.15, -0.1) is 0 Å². The molecule has 6 nitrogen and oxygen atoms in total. The van der Waals surface area contributed by atoms with Gasteiger partial charge in [-0.3, -0.25) is 9.89 Å². The maximum Gasteiger partial charge on any atom is 0.278 e. The average molecular weight is 292 g/mol. The summed E-state index contributed by atoms with van der Waals surface area (Å²) in [7, 11) is 1.35. The smallest absolute Gasteiger partial charge is 0.278 e. The molecule has 0 spiro atoms. The molecule has 0 atom stereocenters. The average Bonchev–Trinajstić information content (AvgIpc) is 2.83. The van der Waals surface area contributed by atoms with E-state index in [1.54, 1.807) is 0 Å². The molecule has 4 N–H and O–H groups in total. The fourth-order valence-electron chi connectivity index (χ4n) is 1.93. The summed E-state index contributed by atoms with van der Waals surface area (Å²) in [5, 5.41) is 9.28. The largest absolute Gasteiger partial charge is 0.494 e. The lowest BCUT2D eigenvalue weighted by atomic mass is 10.2. The van der Waals surface area contributed by atoms with E-state index in [1.807, 2.05) is 6.92 Å². The Bertz CT molecular complexity index is 654. The van der Waals surface area contributed by atoms with E-state index in [9.17, 15) is 9.18 Å². The Morgan fingerprint density at radius 3 is 2.95 bits per heavy atom. The van der Waals surface area contributed by atoms with Crippen LogP contribution in [0.1, 0.15) is 29.5 Å². The highest BCUT2D eigenvalue weighted by Crippen LogP contribution is 2.23. The van der Waals surface area contributed by atoms with Crippen LogP contribution in [0.2, 0.25) is 0 Å². The van der Waals surface area contributed by atoms with E-state index in [1.165, 1.54) is 25.3 Å². The number of aryl methyl sites for hydroxylation is 1. The van der Waals surface area contributed by atoms with Crippen molar-refractivity contribution in [3.05, 3.63) is 35.4 Å².